The zero-order valence-electron chi connectivity index (χ0n) is 32.5. The fourth-order valence-corrected chi connectivity index (χ4v) is 11.2. The first-order valence-corrected chi connectivity index (χ1v) is 21.5. The molecule has 60 heavy (non-hydrogen) atoms. The van der Waals surface area contributed by atoms with E-state index in [0.29, 0.717) is 6.42 Å². The lowest BCUT2D eigenvalue weighted by Gasteiger charge is -2.16. The maximum Gasteiger partial charge on any atom is 0.130 e. The van der Waals surface area contributed by atoms with Crippen molar-refractivity contribution in [3.8, 4) is 39.2 Å². The number of hydrogen-bond donors (Lipinski definition) is 0. The molecule has 0 N–H and O–H groups in total. The van der Waals surface area contributed by atoms with E-state index in [2.05, 4.69) is 199 Å². The highest BCUT2D eigenvalue weighted by molar-refractivity contribution is 7.25. The number of para-hydroxylation sites is 1. The molecule has 0 spiro atoms. The summed E-state index contributed by atoms with van der Waals surface area (Å²) >= 11 is 1.88. The van der Waals surface area contributed by atoms with Crippen molar-refractivity contribution in [3.05, 3.63) is 211 Å². The van der Waals surface area contributed by atoms with E-state index in [1.165, 1.54) is 86.1 Å². The zero-order chi connectivity index (χ0) is 39.3. The number of thiophene rings is 1. The molecule has 0 bridgehead atoms. The summed E-state index contributed by atoms with van der Waals surface area (Å²) in [6.45, 7) is 0. The summed E-state index contributed by atoms with van der Waals surface area (Å²) in [5.74, 6) is 0.962. The fraction of sp³-hybridized carbons (Fsp3) is 0.0357. The molecule has 0 fully saturated rings. The van der Waals surface area contributed by atoms with Gasteiger partial charge in [-0.05, 0) is 86.6 Å². The molecule has 13 rings (SSSR count). The molecule has 1 aliphatic carbocycles. The molecule has 0 aliphatic heterocycles. The molecule has 0 amide bonds. The van der Waals surface area contributed by atoms with Crippen LogP contribution in [0.25, 0.3) is 103 Å². The van der Waals surface area contributed by atoms with Crippen LogP contribution in [0.4, 0.5) is 0 Å². The molecule has 0 saturated heterocycles. The third kappa shape index (κ3) is 5.01. The number of rotatable bonds is 5. The maximum atomic E-state index is 5.33. The number of fused-ring (bicyclic) bond motifs is 13. The minimum atomic E-state index is 0.101. The standard InChI is InChI=1S/C56H35N3S/c1-3-14-34(15-4-1)37-18-13-19-38(30-37)59-48-29-27-35-26-28-42-44(32-52-57-47-24-11-9-23-43(47)56(58-52)36-16-5-2-6-17-36)39-20-7-8-22-41(39)54(42)53(35)55(48)46-31-45-40-21-10-12-25-50(40)60-51(45)33-49(46)59/h1-31,33,44H,32H2. The van der Waals surface area contributed by atoms with Gasteiger partial charge in [-0.15, -0.1) is 11.3 Å². The Morgan fingerprint density at radius 2 is 1.20 bits per heavy atom. The number of benzene rings is 9. The van der Waals surface area contributed by atoms with E-state index in [-0.39, 0.29) is 5.92 Å². The first-order chi connectivity index (χ1) is 29.7. The van der Waals surface area contributed by atoms with E-state index < -0.39 is 0 Å². The summed E-state index contributed by atoms with van der Waals surface area (Å²) in [5, 5.41) is 8.83. The van der Waals surface area contributed by atoms with Crippen LogP contribution in [0.5, 0.6) is 0 Å². The van der Waals surface area contributed by atoms with E-state index >= 15 is 0 Å². The first kappa shape index (κ1) is 33.6. The molecule has 280 valence electrons. The zero-order valence-corrected chi connectivity index (χ0v) is 33.3. The van der Waals surface area contributed by atoms with Crippen molar-refractivity contribution in [2.24, 2.45) is 0 Å². The second-order valence-corrected chi connectivity index (χ2v) is 17.1. The van der Waals surface area contributed by atoms with Crippen LogP contribution in [-0.2, 0) is 6.42 Å². The van der Waals surface area contributed by atoms with Gasteiger partial charge in [-0.2, -0.15) is 0 Å². The predicted octanol–water partition coefficient (Wildman–Crippen LogP) is 14.9. The minimum Gasteiger partial charge on any atom is -0.309 e. The van der Waals surface area contributed by atoms with Gasteiger partial charge in [0.05, 0.1) is 22.2 Å². The monoisotopic (exact) mass is 781 g/mol. The van der Waals surface area contributed by atoms with E-state index in [1.54, 1.807) is 0 Å². The Labute approximate surface area is 350 Å². The lowest BCUT2D eigenvalue weighted by Crippen LogP contribution is -2.06. The minimum absolute atomic E-state index is 0.101. The summed E-state index contributed by atoms with van der Waals surface area (Å²) < 4.78 is 5.12. The number of hydrogen-bond acceptors (Lipinski definition) is 3. The van der Waals surface area contributed by atoms with Gasteiger partial charge in [-0.3, -0.25) is 0 Å². The lowest BCUT2D eigenvalue weighted by molar-refractivity contribution is 0.777. The predicted molar refractivity (Wildman–Crippen MR) is 253 cm³/mol. The van der Waals surface area contributed by atoms with Gasteiger partial charge in [-0.25, -0.2) is 9.97 Å². The highest BCUT2D eigenvalue weighted by Gasteiger charge is 2.32. The van der Waals surface area contributed by atoms with Gasteiger partial charge in [-0.1, -0.05) is 152 Å². The highest BCUT2D eigenvalue weighted by atomic mass is 32.1. The summed E-state index contributed by atoms with van der Waals surface area (Å²) in [5.41, 5.74) is 14.4. The van der Waals surface area contributed by atoms with Gasteiger partial charge in [0.25, 0.3) is 0 Å². The average Bonchev–Trinajstić information content (AvgIpc) is 3.95. The maximum absolute atomic E-state index is 5.33. The average molecular weight is 782 g/mol. The third-order valence-corrected chi connectivity index (χ3v) is 13.9. The van der Waals surface area contributed by atoms with Crippen molar-refractivity contribution in [1.29, 1.82) is 0 Å². The van der Waals surface area contributed by atoms with Crippen LogP contribution in [0.3, 0.4) is 0 Å². The molecule has 3 heterocycles. The van der Waals surface area contributed by atoms with Crippen molar-refractivity contribution < 1.29 is 0 Å². The van der Waals surface area contributed by atoms with Crippen LogP contribution in [-0.4, -0.2) is 14.5 Å². The summed E-state index contributed by atoms with van der Waals surface area (Å²) in [7, 11) is 0. The van der Waals surface area contributed by atoms with Gasteiger partial charge >= 0.3 is 0 Å². The molecule has 0 radical (unpaired) electrons. The van der Waals surface area contributed by atoms with Crippen LogP contribution >= 0.6 is 11.3 Å². The molecule has 3 nitrogen and oxygen atoms in total. The Kier molecular flexibility index (Phi) is 7.30. The van der Waals surface area contributed by atoms with E-state index in [4.69, 9.17) is 9.97 Å². The van der Waals surface area contributed by atoms with Gasteiger partial charge < -0.3 is 4.57 Å². The Balaban J connectivity index is 1.09. The fourth-order valence-electron chi connectivity index (χ4n) is 10.1. The molecule has 12 aromatic rings. The number of nitrogens with zero attached hydrogens (tertiary/aromatic N) is 3. The highest BCUT2D eigenvalue weighted by Crippen LogP contribution is 2.52. The lowest BCUT2D eigenvalue weighted by atomic mass is 9.90. The van der Waals surface area contributed by atoms with Crippen LogP contribution in [0.15, 0.2) is 194 Å². The van der Waals surface area contributed by atoms with E-state index in [1.807, 2.05) is 11.3 Å². The van der Waals surface area contributed by atoms with Crippen LogP contribution < -0.4 is 0 Å². The van der Waals surface area contributed by atoms with Crippen molar-refractivity contribution in [2.75, 3.05) is 0 Å². The first-order valence-electron chi connectivity index (χ1n) is 20.7. The molecule has 1 atom stereocenters. The van der Waals surface area contributed by atoms with Crippen LogP contribution in [0, 0.1) is 0 Å². The van der Waals surface area contributed by atoms with Gasteiger partial charge in [0.15, 0.2) is 0 Å². The summed E-state index contributed by atoms with van der Waals surface area (Å²) in [6.07, 6.45) is 0.700. The Morgan fingerprint density at radius 3 is 2.08 bits per heavy atom. The molecule has 1 unspecified atom stereocenters. The van der Waals surface area contributed by atoms with Crippen LogP contribution in [0.2, 0.25) is 0 Å². The topological polar surface area (TPSA) is 30.7 Å². The quantitative estimate of drug-likeness (QED) is 0.174. The normalized spacial score (nSPS) is 13.6. The molecular weight excluding hydrogens is 747 g/mol. The van der Waals surface area contributed by atoms with Crippen molar-refractivity contribution in [2.45, 2.75) is 12.3 Å². The third-order valence-electron chi connectivity index (χ3n) is 12.7. The van der Waals surface area contributed by atoms with Crippen LogP contribution in [0.1, 0.15) is 22.9 Å². The SMILES string of the molecule is c1ccc(-c2cccc(-n3c4cc5sc6ccccc6c5cc4c4c5c6c(ccc5ccc43)C(Cc3nc(-c4ccccc4)c4ccccc4n3)c3ccccc3-6)c2)cc1. The molecule has 4 heteroatoms. The van der Waals surface area contributed by atoms with E-state index in [0.717, 1.165) is 33.7 Å². The largest absolute Gasteiger partial charge is 0.309 e. The van der Waals surface area contributed by atoms with Gasteiger partial charge in [0.2, 0.25) is 0 Å². The van der Waals surface area contributed by atoms with E-state index in [9.17, 15) is 0 Å². The second kappa shape index (κ2) is 13.1. The number of aromatic nitrogens is 3. The Morgan fingerprint density at radius 1 is 0.467 bits per heavy atom. The summed E-state index contributed by atoms with van der Waals surface area (Å²) in [6, 6.07) is 70.9. The summed E-state index contributed by atoms with van der Waals surface area (Å²) in [4.78, 5) is 10.6. The Bertz CT molecular complexity index is 3690. The Hall–Kier alpha value is -7.40. The molecule has 3 aromatic heterocycles. The molecule has 0 saturated carbocycles. The molecular formula is C56H35N3S. The van der Waals surface area contributed by atoms with Crippen molar-refractivity contribution >= 4 is 75.0 Å². The second-order valence-electron chi connectivity index (χ2n) is 16.0. The van der Waals surface area contributed by atoms with Gasteiger partial charge in [0, 0.05) is 59.9 Å². The van der Waals surface area contributed by atoms with Crippen molar-refractivity contribution in [1.82, 2.24) is 14.5 Å². The smallest absolute Gasteiger partial charge is 0.130 e. The van der Waals surface area contributed by atoms with Crippen molar-refractivity contribution in [3.63, 3.8) is 0 Å². The molecule has 9 aromatic carbocycles. The van der Waals surface area contributed by atoms with Gasteiger partial charge in [0.1, 0.15) is 5.82 Å². The molecule has 1 aliphatic rings.